The van der Waals surface area contributed by atoms with Crippen molar-refractivity contribution in [2.24, 2.45) is 0 Å². The molecule has 0 spiro atoms. The van der Waals surface area contributed by atoms with Crippen molar-refractivity contribution in [3.8, 4) is 11.5 Å². The molecule has 33 heavy (non-hydrogen) atoms. The van der Waals surface area contributed by atoms with Crippen LogP contribution in [0.3, 0.4) is 0 Å². The number of hydrogen-bond donors (Lipinski definition) is 2. The molecule has 0 atom stereocenters. The SMILES string of the molecule is CCCOc1cc(CN2CCC(Nc3cc(C(F)(F)F)c(C(=O)O)cn3)CC2)ccc1OC. The van der Waals surface area contributed by atoms with Gasteiger partial charge in [0.25, 0.3) is 0 Å². The van der Waals surface area contributed by atoms with E-state index in [9.17, 15) is 18.0 Å². The van der Waals surface area contributed by atoms with Gasteiger partial charge in [0.15, 0.2) is 11.5 Å². The molecule has 0 bridgehead atoms. The molecular formula is C23H28F3N3O4. The summed E-state index contributed by atoms with van der Waals surface area (Å²) in [5, 5.41) is 12.0. The number of hydrogen-bond acceptors (Lipinski definition) is 6. The molecule has 1 aliphatic rings. The number of likely N-dealkylation sites (tertiary alicyclic amines) is 1. The number of aromatic nitrogens is 1. The summed E-state index contributed by atoms with van der Waals surface area (Å²) >= 11 is 0. The number of piperidine rings is 1. The van der Waals surface area contributed by atoms with Crippen molar-refractivity contribution in [2.75, 3.05) is 32.1 Å². The van der Waals surface area contributed by atoms with Crippen LogP contribution in [-0.4, -0.2) is 53.8 Å². The van der Waals surface area contributed by atoms with Gasteiger partial charge in [-0.25, -0.2) is 9.78 Å². The number of nitrogens with zero attached hydrogens (tertiary/aromatic N) is 2. The first kappa shape index (κ1) is 24.6. The van der Waals surface area contributed by atoms with Gasteiger partial charge in [-0.15, -0.1) is 0 Å². The Labute approximate surface area is 190 Å². The van der Waals surface area contributed by atoms with Gasteiger partial charge >= 0.3 is 12.1 Å². The number of carboxylic acids is 1. The van der Waals surface area contributed by atoms with Gasteiger partial charge in [0, 0.05) is 31.9 Å². The van der Waals surface area contributed by atoms with E-state index in [-0.39, 0.29) is 11.9 Å². The average molecular weight is 467 g/mol. The highest BCUT2D eigenvalue weighted by Gasteiger charge is 2.36. The molecule has 2 heterocycles. The molecule has 0 unspecified atom stereocenters. The third-order valence-corrected chi connectivity index (χ3v) is 5.48. The Balaban J connectivity index is 1.59. The molecule has 0 aliphatic carbocycles. The molecule has 1 aromatic heterocycles. The van der Waals surface area contributed by atoms with Crippen LogP contribution in [-0.2, 0) is 12.7 Å². The van der Waals surface area contributed by atoms with Crippen LogP contribution in [0.5, 0.6) is 11.5 Å². The largest absolute Gasteiger partial charge is 0.493 e. The maximum atomic E-state index is 13.2. The van der Waals surface area contributed by atoms with Gasteiger partial charge in [-0.3, -0.25) is 4.90 Å². The van der Waals surface area contributed by atoms with Crippen LogP contribution < -0.4 is 14.8 Å². The molecule has 2 aromatic rings. The minimum absolute atomic E-state index is 0.0265. The minimum Gasteiger partial charge on any atom is -0.493 e. The van der Waals surface area contributed by atoms with Gasteiger partial charge in [0.1, 0.15) is 5.82 Å². The van der Waals surface area contributed by atoms with Crippen LogP contribution in [0, 0.1) is 0 Å². The van der Waals surface area contributed by atoms with Crippen molar-refractivity contribution in [3.05, 3.63) is 47.2 Å². The number of benzene rings is 1. The van der Waals surface area contributed by atoms with E-state index < -0.39 is 23.3 Å². The summed E-state index contributed by atoms with van der Waals surface area (Å²) in [6.07, 6.45) is -1.68. The molecule has 1 fully saturated rings. The van der Waals surface area contributed by atoms with E-state index in [0.29, 0.717) is 18.1 Å². The van der Waals surface area contributed by atoms with E-state index in [1.54, 1.807) is 7.11 Å². The quantitative estimate of drug-likeness (QED) is 0.554. The second-order valence-electron chi connectivity index (χ2n) is 7.95. The van der Waals surface area contributed by atoms with Crippen molar-refractivity contribution in [3.63, 3.8) is 0 Å². The lowest BCUT2D eigenvalue weighted by molar-refractivity contribution is -0.138. The van der Waals surface area contributed by atoms with Crippen LogP contribution in [0.15, 0.2) is 30.5 Å². The summed E-state index contributed by atoms with van der Waals surface area (Å²) in [6, 6.07) is 6.58. The molecule has 3 rings (SSSR count). The molecule has 0 saturated carbocycles. The van der Waals surface area contributed by atoms with Crippen LogP contribution in [0.1, 0.15) is 47.7 Å². The fraction of sp³-hybridized carbons (Fsp3) is 0.478. The molecule has 2 N–H and O–H groups in total. The molecule has 1 aromatic carbocycles. The maximum absolute atomic E-state index is 13.2. The van der Waals surface area contributed by atoms with Crippen LogP contribution in [0.2, 0.25) is 0 Å². The van der Waals surface area contributed by atoms with Gasteiger partial charge in [0.05, 0.1) is 24.8 Å². The Morgan fingerprint density at radius 1 is 1.24 bits per heavy atom. The molecule has 180 valence electrons. The number of anilines is 1. The van der Waals surface area contributed by atoms with E-state index in [2.05, 4.69) is 15.2 Å². The van der Waals surface area contributed by atoms with E-state index >= 15 is 0 Å². The number of carbonyl (C=O) groups is 1. The second kappa shape index (κ2) is 10.7. The first-order valence-electron chi connectivity index (χ1n) is 10.8. The predicted octanol–water partition coefficient (Wildman–Crippen LogP) is 4.67. The van der Waals surface area contributed by atoms with Crippen molar-refractivity contribution < 1.29 is 32.5 Å². The number of halogens is 3. The van der Waals surface area contributed by atoms with Gasteiger partial charge in [-0.2, -0.15) is 13.2 Å². The predicted molar refractivity (Wildman–Crippen MR) is 117 cm³/mol. The van der Waals surface area contributed by atoms with E-state index in [4.69, 9.17) is 14.6 Å². The number of aromatic carboxylic acids is 1. The highest BCUT2D eigenvalue weighted by atomic mass is 19.4. The van der Waals surface area contributed by atoms with Crippen LogP contribution >= 0.6 is 0 Å². The average Bonchev–Trinajstić information content (AvgIpc) is 2.78. The molecular weight excluding hydrogens is 439 g/mol. The number of methoxy groups -OCH3 is 1. The lowest BCUT2D eigenvalue weighted by Crippen LogP contribution is -2.38. The smallest absolute Gasteiger partial charge is 0.417 e. The zero-order valence-corrected chi connectivity index (χ0v) is 18.6. The van der Waals surface area contributed by atoms with Crippen LogP contribution in [0.25, 0.3) is 0 Å². The monoisotopic (exact) mass is 467 g/mol. The van der Waals surface area contributed by atoms with E-state index in [1.807, 2.05) is 25.1 Å². The summed E-state index contributed by atoms with van der Waals surface area (Å²) in [5.41, 5.74) is -0.968. The standard InChI is InChI=1S/C23H28F3N3O4/c1-3-10-33-20-11-15(4-5-19(20)32-2)14-29-8-6-16(7-9-29)28-21-12-18(23(24,25)26)17(13-27-21)22(30)31/h4-5,11-13,16H,3,6-10,14H2,1-2H3,(H,27,28)(H,30,31). The second-order valence-corrected chi connectivity index (χ2v) is 7.95. The van der Waals surface area contributed by atoms with Gasteiger partial charge in [0.2, 0.25) is 0 Å². The van der Waals surface area contributed by atoms with Crippen molar-refractivity contribution in [1.29, 1.82) is 0 Å². The van der Waals surface area contributed by atoms with Crippen molar-refractivity contribution >= 4 is 11.8 Å². The lowest BCUT2D eigenvalue weighted by Gasteiger charge is -2.32. The van der Waals surface area contributed by atoms with Gasteiger partial charge in [-0.1, -0.05) is 13.0 Å². The zero-order chi connectivity index (χ0) is 24.0. The molecule has 10 heteroatoms. The summed E-state index contributed by atoms with van der Waals surface area (Å²) in [5.74, 6) is -0.227. The highest BCUT2D eigenvalue weighted by molar-refractivity contribution is 5.89. The Morgan fingerprint density at radius 3 is 2.58 bits per heavy atom. The highest BCUT2D eigenvalue weighted by Crippen LogP contribution is 2.34. The van der Waals surface area contributed by atoms with Crippen LogP contribution in [0.4, 0.5) is 19.0 Å². The summed E-state index contributed by atoms with van der Waals surface area (Å²) < 4.78 is 50.8. The Bertz CT molecular complexity index is 960. The Hall–Kier alpha value is -3.01. The normalized spacial score (nSPS) is 15.3. The van der Waals surface area contributed by atoms with E-state index in [0.717, 1.165) is 56.7 Å². The third kappa shape index (κ3) is 6.50. The van der Waals surface area contributed by atoms with Crippen molar-refractivity contribution in [2.45, 2.75) is 44.9 Å². The summed E-state index contributed by atoms with van der Waals surface area (Å²) in [7, 11) is 1.60. The van der Waals surface area contributed by atoms with Gasteiger partial charge < -0.3 is 19.9 Å². The zero-order valence-electron chi connectivity index (χ0n) is 18.6. The molecule has 1 saturated heterocycles. The molecule has 7 nitrogen and oxygen atoms in total. The Morgan fingerprint density at radius 2 is 1.97 bits per heavy atom. The number of nitrogens with one attached hydrogen (secondary N) is 1. The van der Waals surface area contributed by atoms with Crippen molar-refractivity contribution in [1.82, 2.24) is 9.88 Å². The molecule has 1 aliphatic heterocycles. The number of rotatable bonds is 9. The van der Waals surface area contributed by atoms with Gasteiger partial charge in [-0.05, 0) is 43.0 Å². The molecule has 0 amide bonds. The van der Waals surface area contributed by atoms with E-state index in [1.165, 1.54) is 0 Å². The molecule has 0 radical (unpaired) electrons. The lowest BCUT2D eigenvalue weighted by atomic mass is 10.0. The minimum atomic E-state index is -4.77. The first-order chi connectivity index (χ1) is 15.7. The number of pyridine rings is 1. The summed E-state index contributed by atoms with van der Waals surface area (Å²) in [4.78, 5) is 17.2. The number of carboxylic acid groups (broad SMARTS) is 1. The number of alkyl halides is 3. The Kier molecular flexibility index (Phi) is 8.01. The third-order valence-electron chi connectivity index (χ3n) is 5.48. The number of ether oxygens (including phenoxy) is 2. The fourth-order valence-corrected chi connectivity index (χ4v) is 3.79. The summed E-state index contributed by atoms with van der Waals surface area (Å²) in [6.45, 7) is 4.88. The topological polar surface area (TPSA) is 83.9 Å². The maximum Gasteiger partial charge on any atom is 0.417 e. The fourth-order valence-electron chi connectivity index (χ4n) is 3.79. The first-order valence-corrected chi connectivity index (χ1v) is 10.8.